The van der Waals surface area contributed by atoms with Gasteiger partial charge in [-0.15, -0.1) is 0 Å². The lowest BCUT2D eigenvalue weighted by molar-refractivity contribution is -0.120. The molecule has 2 heterocycles. The predicted molar refractivity (Wildman–Crippen MR) is 124 cm³/mol. The summed E-state index contributed by atoms with van der Waals surface area (Å²) in [4.78, 5) is 16.8. The highest BCUT2D eigenvalue weighted by Crippen LogP contribution is 2.21. The highest BCUT2D eigenvalue weighted by molar-refractivity contribution is 6.30. The first-order valence-corrected chi connectivity index (χ1v) is 10.7. The summed E-state index contributed by atoms with van der Waals surface area (Å²) < 4.78 is 20.6. The third-order valence-electron chi connectivity index (χ3n) is 5.16. The number of carbonyl (C=O) groups excluding carboxylic acids is 1. The van der Waals surface area contributed by atoms with Crippen molar-refractivity contribution in [2.45, 2.75) is 26.8 Å². The third-order valence-corrected chi connectivity index (χ3v) is 5.41. The van der Waals surface area contributed by atoms with Crippen molar-refractivity contribution in [2.24, 2.45) is 0 Å². The molecular weight excluding hydrogens is 443 g/mol. The monoisotopic (exact) mass is 464 g/mol. The second kappa shape index (κ2) is 9.83. The van der Waals surface area contributed by atoms with Crippen LogP contribution in [0.1, 0.15) is 22.5 Å². The molecule has 6 nitrogen and oxygen atoms in total. The molecule has 0 bridgehead atoms. The summed E-state index contributed by atoms with van der Waals surface area (Å²) in [7, 11) is 0. The van der Waals surface area contributed by atoms with Crippen LogP contribution in [-0.2, 0) is 17.8 Å². The lowest BCUT2D eigenvalue weighted by Gasteiger charge is -2.08. The maximum absolute atomic E-state index is 13.3. The molecule has 0 aliphatic rings. The van der Waals surface area contributed by atoms with Gasteiger partial charge in [-0.2, -0.15) is 5.10 Å². The van der Waals surface area contributed by atoms with Crippen molar-refractivity contribution in [3.05, 3.63) is 100 Å². The quantitative estimate of drug-likeness (QED) is 0.401. The van der Waals surface area contributed by atoms with E-state index in [1.54, 1.807) is 30.5 Å². The average molecular weight is 465 g/mol. The number of rotatable bonds is 7. The first-order chi connectivity index (χ1) is 15.9. The minimum Gasteiger partial charge on any atom is -0.439 e. The van der Waals surface area contributed by atoms with Crippen molar-refractivity contribution in [3.8, 4) is 17.3 Å². The number of nitrogens with one attached hydrogen (secondary N) is 1. The zero-order valence-corrected chi connectivity index (χ0v) is 18.9. The van der Waals surface area contributed by atoms with E-state index in [4.69, 9.17) is 16.3 Å². The fraction of sp³-hybridized carbons (Fsp3) is 0.160. The van der Waals surface area contributed by atoms with E-state index in [0.29, 0.717) is 23.2 Å². The van der Waals surface area contributed by atoms with Crippen LogP contribution in [-0.4, -0.2) is 20.7 Å². The maximum Gasteiger partial charge on any atom is 0.224 e. The predicted octanol–water partition coefficient (Wildman–Crippen LogP) is 5.33. The van der Waals surface area contributed by atoms with Crippen LogP contribution in [0.25, 0.3) is 5.69 Å². The van der Waals surface area contributed by atoms with E-state index in [-0.39, 0.29) is 18.1 Å². The summed E-state index contributed by atoms with van der Waals surface area (Å²) in [5, 5.41) is 8.14. The van der Waals surface area contributed by atoms with Crippen LogP contribution in [0, 0.1) is 19.7 Å². The zero-order chi connectivity index (χ0) is 23.4. The van der Waals surface area contributed by atoms with Crippen molar-refractivity contribution >= 4 is 17.5 Å². The number of aryl methyl sites for hydroxylation is 1. The van der Waals surface area contributed by atoms with Crippen molar-refractivity contribution < 1.29 is 13.9 Å². The number of hydrogen-bond acceptors (Lipinski definition) is 4. The second-order valence-corrected chi connectivity index (χ2v) is 7.99. The smallest absolute Gasteiger partial charge is 0.224 e. The van der Waals surface area contributed by atoms with Crippen LogP contribution >= 0.6 is 11.6 Å². The molecule has 0 saturated heterocycles. The minimum atomic E-state index is -0.379. The topological polar surface area (TPSA) is 69.0 Å². The van der Waals surface area contributed by atoms with E-state index in [1.807, 2.05) is 42.8 Å². The van der Waals surface area contributed by atoms with Crippen molar-refractivity contribution in [1.82, 2.24) is 20.1 Å². The second-order valence-electron chi connectivity index (χ2n) is 7.56. The number of amides is 1. The number of nitrogens with zero attached hydrogens (tertiary/aromatic N) is 3. The number of benzene rings is 2. The van der Waals surface area contributed by atoms with Gasteiger partial charge < -0.3 is 10.1 Å². The van der Waals surface area contributed by atoms with Crippen molar-refractivity contribution in [3.63, 3.8) is 0 Å². The molecule has 0 spiro atoms. The summed E-state index contributed by atoms with van der Waals surface area (Å²) in [6, 6.07) is 16.7. The summed E-state index contributed by atoms with van der Waals surface area (Å²) in [6.07, 6.45) is 1.84. The van der Waals surface area contributed by atoms with Crippen LogP contribution in [0.4, 0.5) is 4.39 Å². The molecule has 0 aliphatic carbocycles. The fourth-order valence-corrected chi connectivity index (χ4v) is 3.54. The third kappa shape index (κ3) is 5.56. The number of halogens is 2. The molecule has 0 fully saturated rings. The van der Waals surface area contributed by atoms with Crippen LogP contribution in [0.2, 0.25) is 5.02 Å². The van der Waals surface area contributed by atoms with Gasteiger partial charge in [0.2, 0.25) is 11.8 Å². The molecule has 2 aromatic carbocycles. The molecule has 4 aromatic rings. The lowest BCUT2D eigenvalue weighted by atomic mass is 10.1. The molecule has 0 radical (unpaired) electrons. The van der Waals surface area contributed by atoms with Gasteiger partial charge in [-0.3, -0.25) is 4.79 Å². The number of pyridine rings is 1. The molecule has 33 heavy (non-hydrogen) atoms. The van der Waals surface area contributed by atoms with Gasteiger partial charge in [0.25, 0.3) is 0 Å². The van der Waals surface area contributed by atoms with Crippen LogP contribution in [0.5, 0.6) is 11.6 Å². The molecule has 1 amide bonds. The van der Waals surface area contributed by atoms with Gasteiger partial charge in [0.05, 0.1) is 17.8 Å². The lowest BCUT2D eigenvalue weighted by Crippen LogP contribution is -2.25. The van der Waals surface area contributed by atoms with Crippen LogP contribution in [0.3, 0.4) is 0 Å². The fourth-order valence-electron chi connectivity index (χ4n) is 3.42. The van der Waals surface area contributed by atoms with E-state index in [1.165, 1.54) is 12.1 Å². The van der Waals surface area contributed by atoms with E-state index in [2.05, 4.69) is 15.4 Å². The Morgan fingerprint density at radius 3 is 2.61 bits per heavy atom. The van der Waals surface area contributed by atoms with Gasteiger partial charge in [-0.25, -0.2) is 14.1 Å². The number of aromatic nitrogens is 3. The van der Waals surface area contributed by atoms with Gasteiger partial charge in [0, 0.05) is 41.2 Å². The molecule has 0 unspecified atom stereocenters. The van der Waals surface area contributed by atoms with E-state index in [0.717, 1.165) is 28.2 Å². The summed E-state index contributed by atoms with van der Waals surface area (Å²) in [5.41, 5.74) is 4.31. The largest absolute Gasteiger partial charge is 0.439 e. The normalized spacial score (nSPS) is 10.8. The molecular formula is C25H22ClFN4O2. The zero-order valence-electron chi connectivity index (χ0n) is 18.2. The molecule has 4 rings (SSSR count). The average Bonchev–Trinajstić information content (AvgIpc) is 3.07. The molecule has 2 aromatic heterocycles. The van der Waals surface area contributed by atoms with Gasteiger partial charge in [0.15, 0.2) is 0 Å². The molecule has 8 heteroatoms. The first-order valence-electron chi connectivity index (χ1n) is 10.3. The van der Waals surface area contributed by atoms with Gasteiger partial charge in [0.1, 0.15) is 11.6 Å². The summed E-state index contributed by atoms with van der Waals surface area (Å²) in [5.74, 6) is 0.220. The molecule has 0 saturated carbocycles. The van der Waals surface area contributed by atoms with E-state index in [9.17, 15) is 9.18 Å². The molecule has 0 aliphatic heterocycles. The first kappa shape index (κ1) is 22.5. The number of ether oxygens (including phenoxy) is 1. The Morgan fingerprint density at radius 1 is 1.12 bits per heavy atom. The van der Waals surface area contributed by atoms with Gasteiger partial charge in [-0.1, -0.05) is 23.7 Å². The van der Waals surface area contributed by atoms with Crippen molar-refractivity contribution in [1.29, 1.82) is 0 Å². The Balaban J connectivity index is 1.35. The minimum absolute atomic E-state index is 0.114. The SMILES string of the molecule is Cc1nn(-c2ccc(Cl)cc2)c(C)c1CC(=O)NCc1ccc(Oc2cccc(F)c2)nc1. The standard InChI is InChI=1S/C25H22ClFN4O2/c1-16-23(17(2)31(30-16)21-9-7-19(26)8-10-21)13-24(32)28-14-18-6-11-25(29-15-18)33-22-5-3-4-20(27)12-22/h3-12,15H,13-14H2,1-2H3,(H,28,32). The Morgan fingerprint density at radius 2 is 1.91 bits per heavy atom. The van der Waals surface area contributed by atoms with Gasteiger partial charge in [-0.05, 0) is 55.8 Å². The van der Waals surface area contributed by atoms with E-state index >= 15 is 0 Å². The Bertz CT molecular complexity index is 1270. The Hall–Kier alpha value is -3.71. The van der Waals surface area contributed by atoms with Crippen LogP contribution < -0.4 is 10.1 Å². The van der Waals surface area contributed by atoms with Gasteiger partial charge >= 0.3 is 0 Å². The summed E-state index contributed by atoms with van der Waals surface area (Å²) in [6.45, 7) is 4.16. The number of hydrogen-bond donors (Lipinski definition) is 1. The maximum atomic E-state index is 13.3. The summed E-state index contributed by atoms with van der Waals surface area (Å²) >= 11 is 5.97. The Labute approximate surface area is 196 Å². The molecule has 1 N–H and O–H groups in total. The van der Waals surface area contributed by atoms with E-state index < -0.39 is 0 Å². The van der Waals surface area contributed by atoms with Crippen LogP contribution in [0.15, 0.2) is 66.9 Å². The highest BCUT2D eigenvalue weighted by Gasteiger charge is 2.16. The molecule has 168 valence electrons. The number of carbonyl (C=O) groups is 1. The highest BCUT2D eigenvalue weighted by atomic mass is 35.5. The Kier molecular flexibility index (Phi) is 6.70. The molecule has 0 atom stereocenters. The van der Waals surface area contributed by atoms with Crippen molar-refractivity contribution in [2.75, 3.05) is 0 Å².